The molecule has 1 aromatic rings. The second-order valence-electron chi connectivity index (χ2n) is 2.40. The molecule has 0 N–H and O–H groups in total. The van der Waals surface area contributed by atoms with Crippen molar-refractivity contribution < 1.29 is 9.53 Å². The Morgan fingerprint density at radius 3 is 2.85 bits per heavy atom. The van der Waals surface area contributed by atoms with Crippen LogP contribution in [0, 0.1) is 0 Å². The zero-order valence-electron chi connectivity index (χ0n) is 7.01. The molecule has 13 heavy (non-hydrogen) atoms. The van der Waals surface area contributed by atoms with E-state index in [1.165, 1.54) is 7.11 Å². The summed E-state index contributed by atoms with van der Waals surface area (Å²) in [6, 6.07) is 5.23. The number of alkyl halides is 1. The highest BCUT2D eigenvalue weighted by Gasteiger charge is 2.10. The second-order valence-corrected chi connectivity index (χ2v) is 3.58. The van der Waals surface area contributed by atoms with Gasteiger partial charge in [0.1, 0.15) is 5.75 Å². The third kappa shape index (κ3) is 2.45. The Kier molecular flexibility index (Phi) is 3.75. The van der Waals surface area contributed by atoms with Crippen molar-refractivity contribution in [1.82, 2.24) is 0 Å². The maximum atomic E-state index is 11.3. The minimum Gasteiger partial charge on any atom is -0.496 e. The third-order valence-electron chi connectivity index (χ3n) is 1.58. The van der Waals surface area contributed by atoms with Crippen molar-refractivity contribution in [2.45, 2.75) is 0 Å². The summed E-state index contributed by atoms with van der Waals surface area (Å²) < 4.78 is 5.86. The zero-order valence-corrected chi connectivity index (χ0v) is 9.35. The van der Waals surface area contributed by atoms with Gasteiger partial charge >= 0.3 is 0 Å². The summed E-state index contributed by atoms with van der Waals surface area (Å²) >= 11 is 8.72. The van der Waals surface area contributed by atoms with Gasteiger partial charge in [-0.1, -0.05) is 15.9 Å². The molecule has 0 bridgehead atoms. The largest absolute Gasteiger partial charge is 0.496 e. The summed E-state index contributed by atoms with van der Waals surface area (Å²) in [7, 11) is 1.52. The van der Waals surface area contributed by atoms with Gasteiger partial charge in [-0.05, 0) is 18.2 Å². The fourth-order valence-corrected chi connectivity index (χ4v) is 1.48. The van der Waals surface area contributed by atoms with Crippen LogP contribution in [-0.4, -0.2) is 18.8 Å². The predicted molar refractivity (Wildman–Crippen MR) is 55.7 cm³/mol. The van der Waals surface area contributed by atoms with E-state index in [1.54, 1.807) is 12.1 Å². The fraction of sp³-hybridized carbons (Fsp3) is 0.222. The molecular weight excluding hydrogens is 255 g/mol. The van der Waals surface area contributed by atoms with E-state index < -0.39 is 0 Å². The molecule has 0 radical (unpaired) electrons. The number of Topliss-reactive ketones (excluding diaryl/α,β-unsaturated/α-hetero) is 1. The van der Waals surface area contributed by atoms with Crippen LogP contribution in [0.2, 0.25) is 0 Å². The van der Waals surface area contributed by atoms with Gasteiger partial charge in [-0.25, -0.2) is 0 Å². The summed E-state index contributed by atoms with van der Waals surface area (Å²) in [4.78, 5) is 11.3. The van der Waals surface area contributed by atoms with Crippen LogP contribution >= 0.6 is 27.5 Å². The summed E-state index contributed by atoms with van der Waals surface area (Å²) in [5.41, 5.74) is 0.506. The van der Waals surface area contributed by atoms with E-state index in [0.29, 0.717) is 11.3 Å². The number of hydrogen-bond donors (Lipinski definition) is 0. The van der Waals surface area contributed by atoms with E-state index in [4.69, 9.17) is 16.3 Å². The number of methoxy groups -OCH3 is 1. The van der Waals surface area contributed by atoms with Gasteiger partial charge in [-0.2, -0.15) is 0 Å². The van der Waals surface area contributed by atoms with Crippen LogP contribution < -0.4 is 4.74 Å². The summed E-state index contributed by atoms with van der Waals surface area (Å²) in [6.07, 6.45) is 0. The molecule has 0 aliphatic heterocycles. The molecule has 0 aliphatic rings. The van der Waals surface area contributed by atoms with Crippen molar-refractivity contribution in [3.05, 3.63) is 28.2 Å². The van der Waals surface area contributed by atoms with Gasteiger partial charge < -0.3 is 4.74 Å². The van der Waals surface area contributed by atoms with Crippen LogP contribution in [0.1, 0.15) is 10.4 Å². The van der Waals surface area contributed by atoms with Crippen LogP contribution in [0.5, 0.6) is 5.75 Å². The lowest BCUT2D eigenvalue weighted by molar-refractivity contribution is 0.101. The van der Waals surface area contributed by atoms with Crippen molar-refractivity contribution in [2.24, 2.45) is 0 Å². The molecule has 70 valence electrons. The van der Waals surface area contributed by atoms with E-state index in [1.807, 2.05) is 6.07 Å². The van der Waals surface area contributed by atoms with E-state index in [2.05, 4.69) is 15.9 Å². The molecule has 0 heterocycles. The lowest BCUT2D eigenvalue weighted by atomic mass is 10.1. The first kappa shape index (κ1) is 10.5. The van der Waals surface area contributed by atoms with Crippen LogP contribution in [0.25, 0.3) is 0 Å². The van der Waals surface area contributed by atoms with Crippen LogP contribution in [0.4, 0.5) is 0 Å². The quantitative estimate of drug-likeness (QED) is 0.619. The molecule has 0 aromatic heterocycles. The molecule has 2 nitrogen and oxygen atoms in total. The molecule has 0 spiro atoms. The highest BCUT2D eigenvalue weighted by molar-refractivity contribution is 9.10. The number of benzene rings is 1. The van der Waals surface area contributed by atoms with Crippen molar-refractivity contribution in [3.63, 3.8) is 0 Å². The van der Waals surface area contributed by atoms with Crippen molar-refractivity contribution in [3.8, 4) is 5.75 Å². The Bertz CT molecular complexity index is 325. The van der Waals surface area contributed by atoms with Gasteiger partial charge in [0, 0.05) is 4.47 Å². The smallest absolute Gasteiger partial charge is 0.181 e. The van der Waals surface area contributed by atoms with Gasteiger partial charge in [0.25, 0.3) is 0 Å². The van der Waals surface area contributed by atoms with Crippen LogP contribution in [-0.2, 0) is 0 Å². The van der Waals surface area contributed by atoms with E-state index in [0.717, 1.165) is 4.47 Å². The maximum Gasteiger partial charge on any atom is 0.181 e. The minimum atomic E-state index is -0.139. The first-order valence-corrected chi connectivity index (χ1v) is 4.94. The molecule has 1 aromatic carbocycles. The van der Waals surface area contributed by atoms with Gasteiger partial charge in [0.2, 0.25) is 0 Å². The maximum absolute atomic E-state index is 11.3. The number of ether oxygens (including phenoxy) is 1. The second kappa shape index (κ2) is 4.63. The topological polar surface area (TPSA) is 26.3 Å². The molecule has 0 aliphatic carbocycles. The standard InChI is InChI=1S/C9H8BrClO2/c1-13-9-3-2-6(10)4-7(9)8(12)5-11/h2-4H,5H2,1H3. The molecule has 0 saturated carbocycles. The molecule has 0 saturated heterocycles. The Morgan fingerprint density at radius 1 is 1.62 bits per heavy atom. The zero-order chi connectivity index (χ0) is 9.84. The van der Waals surface area contributed by atoms with E-state index >= 15 is 0 Å². The first-order valence-electron chi connectivity index (χ1n) is 3.61. The molecule has 0 unspecified atom stereocenters. The van der Waals surface area contributed by atoms with E-state index in [9.17, 15) is 4.79 Å². The Morgan fingerprint density at radius 2 is 2.31 bits per heavy atom. The normalized spacial score (nSPS) is 9.77. The molecule has 1 rings (SSSR count). The van der Waals surface area contributed by atoms with Gasteiger partial charge in [-0.3, -0.25) is 4.79 Å². The van der Waals surface area contributed by atoms with E-state index in [-0.39, 0.29) is 11.7 Å². The number of halogens is 2. The first-order chi connectivity index (χ1) is 6.19. The average Bonchev–Trinajstić information content (AvgIpc) is 2.16. The number of carbonyl (C=O) groups is 1. The van der Waals surface area contributed by atoms with Crippen molar-refractivity contribution >= 4 is 33.3 Å². The molecule has 0 atom stereocenters. The Hall–Kier alpha value is -0.540. The lowest BCUT2D eigenvalue weighted by Crippen LogP contribution is -2.03. The van der Waals surface area contributed by atoms with Gasteiger partial charge in [-0.15, -0.1) is 11.6 Å². The van der Waals surface area contributed by atoms with Gasteiger partial charge in [0.05, 0.1) is 18.6 Å². The van der Waals surface area contributed by atoms with Gasteiger partial charge in [0.15, 0.2) is 5.78 Å². The summed E-state index contributed by atoms with van der Waals surface area (Å²) in [5, 5.41) is 0. The van der Waals surface area contributed by atoms with Crippen LogP contribution in [0.3, 0.4) is 0 Å². The summed E-state index contributed by atoms with van der Waals surface area (Å²) in [6.45, 7) is 0. The van der Waals surface area contributed by atoms with Crippen molar-refractivity contribution in [1.29, 1.82) is 0 Å². The summed E-state index contributed by atoms with van der Waals surface area (Å²) in [5.74, 6) is 0.376. The molecular formula is C9H8BrClO2. The predicted octanol–water partition coefficient (Wildman–Crippen LogP) is 2.88. The molecule has 0 fully saturated rings. The molecule has 0 amide bonds. The fourth-order valence-electron chi connectivity index (χ4n) is 0.970. The number of hydrogen-bond acceptors (Lipinski definition) is 2. The highest BCUT2D eigenvalue weighted by Crippen LogP contribution is 2.23. The number of carbonyl (C=O) groups excluding carboxylic acids is 1. The van der Waals surface area contributed by atoms with Crippen LogP contribution in [0.15, 0.2) is 22.7 Å². The number of ketones is 1. The molecule has 4 heteroatoms. The average molecular weight is 264 g/mol. The van der Waals surface area contributed by atoms with Crippen molar-refractivity contribution in [2.75, 3.05) is 13.0 Å². The minimum absolute atomic E-state index is 0.0349. The Labute approximate surface area is 90.0 Å². The Balaban J connectivity index is 3.15. The third-order valence-corrected chi connectivity index (χ3v) is 2.32. The monoisotopic (exact) mass is 262 g/mol. The lowest BCUT2D eigenvalue weighted by Gasteiger charge is -2.05. The SMILES string of the molecule is COc1ccc(Br)cc1C(=O)CCl. The number of rotatable bonds is 3. The highest BCUT2D eigenvalue weighted by atomic mass is 79.9.